The van der Waals surface area contributed by atoms with Gasteiger partial charge in [-0.3, -0.25) is 10.2 Å². The second-order valence-electron chi connectivity index (χ2n) is 5.35. The molecule has 1 aromatic rings. The highest BCUT2D eigenvalue weighted by atomic mass is 16.2. The number of carbonyl (C=O) groups is 1. The van der Waals surface area contributed by atoms with Crippen molar-refractivity contribution in [1.82, 2.24) is 14.9 Å². The standard InChI is InChI=1S/C13H21N5O/c1-8-4-5-10(3)18(7-8)12(19)11-6-9(2)15-13(16-11)17-14/h6,8,10H,4-5,7,14H2,1-3H3,(H,15,16,17). The molecule has 2 heterocycles. The predicted molar refractivity (Wildman–Crippen MR) is 73.5 cm³/mol. The van der Waals surface area contributed by atoms with Crippen LogP contribution in [0.5, 0.6) is 0 Å². The average molecular weight is 263 g/mol. The number of nitrogens with two attached hydrogens (primary N) is 1. The Hall–Kier alpha value is -1.69. The molecule has 1 aromatic heterocycles. The second-order valence-corrected chi connectivity index (χ2v) is 5.35. The van der Waals surface area contributed by atoms with Gasteiger partial charge in [0, 0.05) is 18.3 Å². The van der Waals surface area contributed by atoms with Crippen molar-refractivity contribution in [2.24, 2.45) is 11.8 Å². The first-order valence-electron chi connectivity index (χ1n) is 6.64. The summed E-state index contributed by atoms with van der Waals surface area (Å²) in [6.45, 7) is 6.86. The number of aromatic nitrogens is 2. The molecule has 2 atom stereocenters. The first-order chi connectivity index (χ1) is 9.01. The lowest BCUT2D eigenvalue weighted by Crippen LogP contribution is -2.45. The van der Waals surface area contributed by atoms with Crippen LogP contribution in [0, 0.1) is 12.8 Å². The number of piperidine rings is 1. The number of carbonyl (C=O) groups excluding carboxylic acids is 1. The fourth-order valence-electron chi connectivity index (χ4n) is 2.46. The maximum Gasteiger partial charge on any atom is 0.272 e. The topological polar surface area (TPSA) is 84.1 Å². The highest BCUT2D eigenvalue weighted by Gasteiger charge is 2.28. The minimum atomic E-state index is -0.0407. The summed E-state index contributed by atoms with van der Waals surface area (Å²) in [4.78, 5) is 22.7. The second kappa shape index (κ2) is 5.52. The van der Waals surface area contributed by atoms with Crippen LogP contribution in [-0.2, 0) is 0 Å². The van der Waals surface area contributed by atoms with Crippen LogP contribution in [0.25, 0.3) is 0 Å². The molecule has 6 heteroatoms. The van der Waals surface area contributed by atoms with E-state index in [1.54, 1.807) is 6.07 Å². The molecule has 19 heavy (non-hydrogen) atoms. The zero-order valence-electron chi connectivity index (χ0n) is 11.7. The van der Waals surface area contributed by atoms with Gasteiger partial charge in [0.2, 0.25) is 5.95 Å². The Labute approximate surface area is 113 Å². The summed E-state index contributed by atoms with van der Waals surface area (Å²) in [5, 5.41) is 0. The largest absolute Gasteiger partial charge is 0.334 e. The Morgan fingerprint density at radius 3 is 2.84 bits per heavy atom. The summed E-state index contributed by atoms with van der Waals surface area (Å²) in [5.74, 6) is 6.09. The molecule has 2 rings (SSSR count). The predicted octanol–water partition coefficient (Wildman–Crippen LogP) is 1.33. The average Bonchev–Trinajstić information content (AvgIpc) is 2.40. The molecule has 1 fully saturated rings. The Morgan fingerprint density at radius 1 is 1.42 bits per heavy atom. The number of likely N-dealkylation sites (tertiary alicyclic amines) is 1. The molecular formula is C13H21N5O. The summed E-state index contributed by atoms with van der Waals surface area (Å²) in [5.41, 5.74) is 3.52. The van der Waals surface area contributed by atoms with Gasteiger partial charge in [-0.25, -0.2) is 15.8 Å². The Balaban J connectivity index is 2.25. The van der Waals surface area contributed by atoms with Crippen LogP contribution in [0.3, 0.4) is 0 Å². The molecule has 3 N–H and O–H groups in total. The number of hydrazine groups is 1. The van der Waals surface area contributed by atoms with Gasteiger partial charge in [-0.15, -0.1) is 0 Å². The van der Waals surface area contributed by atoms with Crippen LogP contribution in [0.1, 0.15) is 42.9 Å². The van der Waals surface area contributed by atoms with E-state index < -0.39 is 0 Å². The minimum absolute atomic E-state index is 0.0407. The van der Waals surface area contributed by atoms with Gasteiger partial charge in [-0.1, -0.05) is 6.92 Å². The number of amides is 1. The van der Waals surface area contributed by atoms with Gasteiger partial charge in [0.25, 0.3) is 5.91 Å². The van der Waals surface area contributed by atoms with Gasteiger partial charge >= 0.3 is 0 Å². The van der Waals surface area contributed by atoms with E-state index in [-0.39, 0.29) is 17.9 Å². The summed E-state index contributed by atoms with van der Waals surface area (Å²) >= 11 is 0. The van der Waals surface area contributed by atoms with Crippen molar-refractivity contribution in [2.45, 2.75) is 39.7 Å². The van der Waals surface area contributed by atoms with Crippen molar-refractivity contribution in [1.29, 1.82) is 0 Å². The third kappa shape index (κ3) is 3.01. The molecule has 0 radical (unpaired) electrons. The molecule has 1 amide bonds. The molecule has 104 valence electrons. The van der Waals surface area contributed by atoms with Crippen molar-refractivity contribution in [3.63, 3.8) is 0 Å². The third-order valence-corrected chi connectivity index (χ3v) is 3.58. The van der Waals surface area contributed by atoms with Crippen LogP contribution < -0.4 is 11.3 Å². The quantitative estimate of drug-likeness (QED) is 0.621. The zero-order chi connectivity index (χ0) is 14.0. The Kier molecular flexibility index (Phi) is 3.99. The number of hydrogen-bond acceptors (Lipinski definition) is 5. The van der Waals surface area contributed by atoms with Crippen LogP contribution in [0.2, 0.25) is 0 Å². The maximum atomic E-state index is 12.5. The smallest absolute Gasteiger partial charge is 0.272 e. The molecule has 1 aliphatic rings. The van der Waals surface area contributed by atoms with Crippen LogP contribution in [0.4, 0.5) is 5.95 Å². The van der Waals surface area contributed by atoms with Crippen molar-refractivity contribution >= 4 is 11.9 Å². The number of anilines is 1. The van der Waals surface area contributed by atoms with Crippen LogP contribution >= 0.6 is 0 Å². The number of aryl methyl sites for hydroxylation is 1. The molecule has 0 aliphatic carbocycles. The minimum Gasteiger partial charge on any atom is -0.334 e. The first-order valence-corrected chi connectivity index (χ1v) is 6.64. The van der Waals surface area contributed by atoms with Crippen molar-refractivity contribution in [3.05, 3.63) is 17.5 Å². The molecule has 0 spiro atoms. The van der Waals surface area contributed by atoms with Crippen molar-refractivity contribution in [2.75, 3.05) is 12.0 Å². The van der Waals surface area contributed by atoms with E-state index in [4.69, 9.17) is 5.84 Å². The van der Waals surface area contributed by atoms with Crippen LogP contribution in [0.15, 0.2) is 6.07 Å². The Morgan fingerprint density at radius 2 is 2.16 bits per heavy atom. The molecular weight excluding hydrogens is 242 g/mol. The van der Waals surface area contributed by atoms with E-state index in [1.807, 2.05) is 11.8 Å². The number of nitrogens with one attached hydrogen (secondary N) is 1. The highest BCUT2D eigenvalue weighted by Crippen LogP contribution is 2.23. The summed E-state index contributed by atoms with van der Waals surface area (Å²) in [6.07, 6.45) is 2.21. The van der Waals surface area contributed by atoms with Gasteiger partial charge in [0.15, 0.2) is 0 Å². The maximum absolute atomic E-state index is 12.5. The lowest BCUT2D eigenvalue weighted by Gasteiger charge is -2.36. The number of nitrogen functional groups attached to an aromatic ring is 1. The lowest BCUT2D eigenvalue weighted by molar-refractivity contribution is 0.0568. The molecule has 2 unspecified atom stereocenters. The molecule has 0 saturated carbocycles. The third-order valence-electron chi connectivity index (χ3n) is 3.58. The van der Waals surface area contributed by atoms with Gasteiger partial charge in [0.1, 0.15) is 5.69 Å². The van der Waals surface area contributed by atoms with E-state index in [9.17, 15) is 4.79 Å². The summed E-state index contributed by atoms with van der Waals surface area (Å²) in [7, 11) is 0. The van der Waals surface area contributed by atoms with Gasteiger partial charge in [0.05, 0.1) is 0 Å². The van der Waals surface area contributed by atoms with E-state index in [1.165, 1.54) is 6.42 Å². The molecule has 0 bridgehead atoms. The van der Waals surface area contributed by atoms with Crippen molar-refractivity contribution in [3.8, 4) is 0 Å². The fourth-order valence-corrected chi connectivity index (χ4v) is 2.46. The molecule has 6 nitrogen and oxygen atoms in total. The molecule has 1 aliphatic heterocycles. The van der Waals surface area contributed by atoms with Crippen LogP contribution in [-0.4, -0.2) is 33.4 Å². The van der Waals surface area contributed by atoms with E-state index in [2.05, 4.69) is 29.2 Å². The van der Waals surface area contributed by atoms with Gasteiger partial charge in [-0.05, 0) is 38.7 Å². The summed E-state index contributed by atoms with van der Waals surface area (Å²) in [6, 6.07) is 1.96. The van der Waals surface area contributed by atoms with E-state index in [0.29, 0.717) is 11.6 Å². The zero-order valence-corrected chi connectivity index (χ0v) is 11.7. The fraction of sp³-hybridized carbons (Fsp3) is 0.615. The van der Waals surface area contributed by atoms with E-state index in [0.717, 1.165) is 18.7 Å². The number of hydrogen-bond donors (Lipinski definition) is 2. The summed E-state index contributed by atoms with van der Waals surface area (Å²) < 4.78 is 0. The monoisotopic (exact) mass is 263 g/mol. The van der Waals surface area contributed by atoms with Crippen molar-refractivity contribution < 1.29 is 4.79 Å². The van der Waals surface area contributed by atoms with E-state index >= 15 is 0 Å². The molecule has 0 aromatic carbocycles. The number of rotatable bonds is 2. The first kappa shape index (κ1) is 13.7. The van der Waals surface area contributed by atoms with Gasteiger partial charge in [-0.2, -0.15) is 0 Å². The molecule has 1 saturated heterocycles. The highest BCUT2D eigenvalue weighted by molar-refractivity contribution is 5.93. The lowest BCUT2D eigenvalue weighted by atomic mass is 9.95. The van der Waals surface area contributed by atoms with Gasteiger partial charge < -0.3 is 4.90 Å². The Bertz CT molecular complexity index is 476. The normalized spacial score (nSPS) is 23.3. The SMILES string of the molecule is Cc1cc(C(=O)N2CC(C)CCC2C)nc(NN)n1. The number of nitrogens with zero attached hydrogens (tertiary/aromatic N) is 3.